The second-order valence-electron chi connectivity index (χ2n) is 4.01. The summed E-state index contributed by atoms with van der Waals surface area (Å²) in [5, 5.41) is 21.9. The van der Waals surface area contributed by atoms with Gasteiger partial charge in [-0.2, -0.15) is 4.68 Å². The minimum absolute atomic E-state index is 0.211. The van der Waals surface area contributed by atoms with Crippen molar-refractivity contribution in [2.24, 2.45) is 0 Å². The standard InChI is InChI=1S/C12H9N5O4/c1-20-9-4-2-8(3-5-9)16-12(13-14-15-16)10-6-7-11(21-10)17(18)19/h2-7H,1H3. The van der Waals surface area contributed by atoms with E-state index in [-0.39, 0.29) is 17.5 Å². The molecule has 3 aromatic rings. The summed E-state index contributed by atoms with van der Waals surface area (Å²) in [5.74, 6) is 0.812. The minimum Gasteiger partial charge on any atom is -0.497 e. The molecular formula is C12H9N5O4. The van der Waals surface area contributed by atoms with Crippen molar-refractivity contribution in [2.75, 3.05) is 7.11 Å². The van der Waals surface area contributed by atoms with E-state index in [1.165, 1.54) is 16.8 Å². The van der Waals surface area contributed by atoms with Crippen LogP contribution in [-0.2, 0) is 0 Å². The molecule has 1 aromatic carbocycles. The first-order valence-corrected chi connectivity index (χ1v) is 5.86. The van der Waals surface area contributed by atoms with E-state index in [4.69, 9.17) is 9.15 Å². The van der Waals surface area contributed by atoms with E-state index in [0.29, 0.717) is 11.4 Å². The van der Waals surface area contributed by atoms with Gasteiger partial charge in [-0.3, -0.25) is 10.1 Å². The van der Waals surface area contributed by atoms with E-state index in [1.54, 1.807) is 31.4 Å². The fourth-order valence-electron chi connectivity index (χ4n) is 1.78. The zero-order chi connectivity index (χ0) is 14.8. The molecule has 0 aliphatic rings. The summed E-state index contributed by atoms with van der Waals surface area (Å²) in [6.45, 7) is 0. The SMILES string of the molecule is COc1ccc(-n2nnnc2-c2ccc([N+](=O)[O-])o2)cc1. The number of ether oxygens (including phenoxy) is 1. The molecule has 0 aliphatic carbocycles. The summed E-state index contributed by atoms with van der Waals surface area (Å²) < 4.78 is 11.6. The molecule has 0 atom stereocenters. The van der Waals surface area contributed by atoms with Gasteiger partial charge >= 0.3 is 5.88 Å². The molecule has 0 bridgehead atoms. The Morgan fingerprint density at radius 3 is 2.62 bits per heavy atom. The largest absolute Gasteiger partial charge is 0.497 e. The zero-order valence-corrected chi connectivity index (χ0v) is 10.8. The summed E-state index contributed by atoms with van der Waals surface area (Å²) in [5.41, 5.74) is 0.676. The van der Waals surface area contributed by atoms with Crippen LogP contribution in [0.1, 0.15) is 0 Å². The van der Waals surface area contributed by atoms with Gasteiger partial charge in [-0.25, -0.2) is 0 Å². The Morgan fingerprint density at radius 2 is 2.00 bits per heavy atom. The van der Waals surface area contributed by atoms with Crippen molar-refractivity contribution >= 4 is 5.88 Å². The molecule has 0 radical (unpaired) electrons. The molecule has 2 aromatic heterocycles. The van der Waals surface area contributed by atoms with Crippen LogP contribution in [-0.4, -0.2) is 32.2 Å². The number of nitrogens with zero attached hydrogens (tertiary/aromatic N) is 5. The number of methoxy groups -OCH3 is 1. The zero-order valence-electron chi connectivity index (χ0n) is 10.8. The smallest absolute Gasteiger partial charge is 0.433 e. The first-order chi connectivity index (χ1) is 10.2. The Balaban J connectivity index is 2.01. The van der Waals surface area contributed by atoms with Gasteiger partial charge in [-0.15, -0.1) is 5.10 Å². The van der Waals surface area contributed by atoms with Crippen molar-refractivity contribution in [1.29, 1.82) is 0 Å². The number of nitro groups is 1. The van der Waals surface area contributed by atoms with Gasteiger partial charge in [0.2, 0.25) is 5.82 Å². The van der Waals surface area contributed by atoms with Crippen LogP contribution in [0.5, 0.6) is 5.75 Å². The van der Waals surface area contributed by atoms with Gasteiger partial charge < -0.3 is 9.15 Å². The van der Waals surface area contributed by atoms with Crippen LogP contribution < -0.4 is 4.74 Å². The number of aromatic nitrogens is 4. The number of benzene rings is 1. The highest BCUT2D eigenvalue weighted by atomic mass is 16.6. The highest BCUT2D eigenvalue weighted by Gasteiger charge is 2.18. The van der Waals surface area contributed by atoms with E-state index in [9.17, 15) is 10.1 Å². The fourth-order valence-corrected chi connectivity index (χ4v) is 1.78. The maximum absolute atomic E-state index is 10.6. The number of rotatable bonds is 4. The summed E-state index contributed by atoms with van der Waals surface area (Å²) in [4.78, 5) is 10.0. The van der Waals surface area contributed by atoms with E-state index in [2.05, 4.69) is 15.5 Å². The van der Waals surface area contributed by atoms with Gasteiger partial charge in [0.1, 0.15) is 10.7 Å². The van der Waals surface area contributed by atoms with Crippen molar-refractivity contribution < 1.29 is 14.1 Å². The molecule has 3 rings (SSSR count). The van der Waals surface area contributed by atoms with Crippen molar-refractivity contribution in [3.05, 3.63) is 46.5 Å². The second-order valence-corrected chi connectivity index (χ2v) is 4.01. The molecule has 0 spiro atoms. The summed E-state index contributed by atoms with van der Waals surface area (Å²) in [7, 11) is 1.57. The molecule has 0 saturated heterocycles. The number of hydrogen-bond donors (Lipinski definition) is 0. The van der Waals surface area contributed by atoms with E-state index < -0.39 is 4.92 Å². The molecule has 0 amide bonds. The van der Waals surface area contributed by atoms with Crippen LogP contribution in [0, 0.1) is 10.1 Å². The second kappa shape index (κ2) is 5.04. The van der Waals surface area contributed by atoms with Crippen LogP contribution in [0.2, 0.25) is 0 Å². The highest BCUT2D eigenvalue weighted by Crippen LogP contribution is 2.26. The molecule has 2 heterocycles. The minimum atomic E-state index is -0.620. The molecule has 0 saturated carbocycles. The lowest BCUT2D eigenvalue weighted by Gasteiger charge is -2.04. The van der Waals surface area contributed by atoms with Gasteiger partial charge in [0.25, 0.3) is 0 Å². The summed E-state index contributed by atoms with van der Waals surface area (Å²) >= 11 is 0. The topological polar surface area (TPSA) is 109 Å². The quantitative estimate of drug-likeness (QED) is 0.531. The van der Waals surface area contributed by atoms with Crippen molar-refractivity contribution in [1.82, 2.24) is 20.2 Å². The van der Waals surface area contributed by atoms with Crippen molar-refractivity contribution in [2.45, 2.75) is 0 Å². The van der Waals surface area contributed by atoms with Gasteiger partial charge in [-0.05, 0) is 40.8 Å². The van der Waals surface area contributed by atoms with Gasteiger partial charge in [0.15, 0.2) is 5.76 Å². The van der Waals surface area contributed by atoms with Gasteiger partial charge in [0.05, 0.1) is 18.9 Å². The van der Waals surface area contributed by atoms with Crippen LogP contribution in [0.3, 0.4) is 0 Å². The lowest BCUT2D eigenvalue weighted by molar-refractivity contribution is -0.401. The Bertz CT molecular complexity index is 777. The van der Waals surface area contributed by atoms with Crippen molar-refractivity contribution in [3.63, 3.8) is 0 Å². The Kier molecular flexibility index (Phi) is 3.07. The average molecular weight is 287 g/mol. The Hall–Kier alpha value is -3.23. The highest BCUT2D eigenvalue weighted by molar-refractivity contribution is 5.52. The molecule has 106 valence electrons. The van der Waals surface area contributed by atoms with Crippen LogP contribution in [0.4, 0.5) is 5.88 Å². The molecule has 0 unspecified atom stereocenters. The number of hydrogen-bond acceptors (Lipinski definition) is 7. The third-order valence-corrected chi connectivity index (χ3v) is 2.78. The number of tetrazole rings is 1. The molecule has 9 heteroatoms. The molecule has 9 nitrogen and oxygen atoms in total. The lowest BCUT2D eigenvalue weighted by atomic mass is 10.3. The average Bonchev–Trinajstić information content (AvgIpc) is 3.16. The normalized spacial score (nSPS) is 10.5. The van der Waals surface area contributed by atoms with E-state index in [1.807, 2.05) is 0 Å². The van der Waals surface area contributed by atoms with E-state index >= 15 is 0 Å². The monoisotopic (exact) mass is 287 g/mol. The van der Waals surface area contributed by atoms with Gasteiger partial charge in [-0.1, -0.05) is 0 Å². The predicted molar refractivity (Wildman–Crippen MR) is 70.1 cm³/mol. The van der Waals surface area contributed by atoms with Crippen LogP contribution >= 0.6 is 0 Å². The predicted octanol–water partition coefficient (Wildman–Crippen LogP) is 1.84. The Labute approximate surface area is 117 Å². The molecule has 0 aliphatic heterocycles. The Morgan fingerprint density at radius 1 is 1.24 bits per heavy atom. The molecular weight excluding hydrogens is 278 g/mol. The van der Waals surface area contributed by atoms with Crippen molar-refractivity contribution in [3.8, 4) is 23.0 Å². The van der Waals surface area contributed by atoms with Crippen LogP contribution in [0.15, 0.2) is 40.8 Å². The summed E-state index contributed by atoms with van der Waals surface area (Å²) in [6.07, 6.45) is 0. The first kappa shape index (κ1) is 12.8. The maximum Gasteiger partial charge on any atom is 0.433 e. The third kappa shape index (κ3) is 2.31. The van der Waals surface area contributed by atoms with Crippen LogP contribution in [0.25, 0.3) is 17.3 Å². The van der Waals surface area contributed by atoms with E-state index in [0.717, 1.165) is 0 Å². The third-order valence-electron chi connectivity index (χ3n) is 2.78. The lowest BCUT2D eigenvalue weighted by Crippen LogP contribution is -1.99. The maximum atomic E-state index is 10.6. The fraction of sp³-hybridized carbons (Fsp3) is 0.0833. The van der Waals surface area contributed by atoms with Gasteiger partial charge in [0, 0.05) is 0 Å². The summed E-state index contributed by atoms with van der Waals surface area (Å²) in [6, 6.07) is 9.73. The molecule has 21 heavy (non-hydrogen) atoms. The molecule has 0 N–H and O–H groups in total. The number of furan rings is 1. The molecule has 0 fully saturated rings. The first-order valence-electron chi connectivity index (χ1n) is 5.86.